The third-order valence-electron chi connectivity index (χ3n) is 4.26. The molecule has 0 spiro atoms. The molecule has 1 atom stereocenters. The topological polar surface area (TPSA) is 106 Å². The molecular weight excluding hydrogens is 392 g/mol. The molecule has 1 N–H and O–H groups in total. The lowest BCUT2D eigenvalue weighted by atomic mass is 10.3. The van der Waals surface area contributed by atoms with Gasteiger partial charge in [0, 0.05) is 13.1 Å². The van der Waals surface area contributed by atoms with Crippen molar-refractivity contribution in [1.29, 1.82) is 0 Å². The molecule has 1 aliphatic rings. The molecule has 1 aliphatic heterocycles. The standard InChI is InChI=1S/C17H22N2O6S2/c1-13-3-8-17(25-13)14(2)18-26(20,21)15-4-6-16(7-5-15)27(22,23)19-9-11-24-12-10-19/h3-8,14,18H,9-12H2,1-2H3. The first-order chi connectivity index (χ1) is 12.7. The molecular formula is C17H22N2O6S2. The second-order valence-electron chi connectivity index (χ2n) is 6.28. The van der Waals surface area contributed by atoms with Crippen LogP contribution in [0.1, 0.15) is 24.5 Å². The van der Waals surface area contributed by atoms with E-state index in [-0.39, 0.29) is 22.9 Å². The molecule has 0 radical (unpaired) electrons. The molecule has 0 amide bonds. The number of hydrogen-bond acceptors (Lipinski definition) is 6. The highest BCUT2D eigenvalue weighted by atomic mass is 32.2. The van der Waals surface area contributed by atoms with Gasteiger partial charge in [0.2, 0.25) is 20.0 Å². The van der Waals surface area contributed by atoms with Gasteiger partial charge in [-0.15, -0.1) is 0 Å². The number of morpholine rings is 1. The summed E-state index contributed by atoms with van der Waals surface area (Å²) in [6.45, 7) is 4.71. The highest BCUT2D eigenvalue weighted by molar-refractivity contribution is 7.89. The fourth-order valence-corrected chi connectivity index (χ4v) is 5.39. The number of nitrogens with one attached hydrogen (secondary N) is 1. The van der Waals surface area contributed by atoms with Crippen LogP contribution in [0, 0.1) is 6.92 Å². The molecule has 0 aliphatic carbocycles. The Labute approximate surface area is 159 Å². The van der Waals surface area contributed by atoms with Gasteiger partial charge in [0.1, 0.15) is 11.5 Å². The Morgan fingerprint density at radius 2 is 1.56 bits per heavy atom. The van der Waals surface area contributed by atoms with Crippen molar-refractivity contribution < 1.29 is 26.0 Å². The van der Waals surface area contributed by atoms with E-state index in [0.717, 1.165) is 0 Å². The smallest absolute Gasteiger partial charge is 0.243 e. The number of rotatable bonds is 6. The zero-order valence-corrected chi connectivity index (χ0v) is 16.7. The van der Waals surface area contributed by atoms with E-state index in [1.165, 1.54) is 28.6 Å². The summed E-state index contributed by atoms with van der Waals surface area (Å²) in [5, 5.41) is 0. The van der Waals surface area contributed by atoms with Gasteiger partial charge in [-0.05, 0) is 50.2 Å². The Kier molecular flexibility index (Phi) is 5.73. The zero-order valence-electron chi connectivity index (χ0n) is 15.1. The van der Waals surface area contributed by atoms with Gasteiger partial charge in [-0.1, -0.05) is 0 Å². The Hall–Kier alpha value is -1.72. The van der Waals surface area contributed by atoms with Crippen LogP contribution in [-0.2, 0) is 24.8 Å². The lowest BCUT2D eigenvalue weighted by molar-refractivity contribution is 0.0730. The van der Waals surface area contributed by atoms with Gasteiger partial charge in [0.15, 0.2) is 0 Å². The maximum atomic E-state index is 12.6. The fourth-order valence-electron chi connectivity index (χ4n) is 2.77. The minimum Gasteiger partial charge on any atom is -0.465 e. The van der Waals surface area contributed by atoms with E-state index in [2.05, 4.69) is 4.72 Å². The molecule has 2 heterocycles. The largest absolute Gasteiger partial charge is 0.465 e. The molecule has 3 rings (SSSR count). The predicted octanol–water partition coefficient (Wildman–Crippen LogP) is 1.65. The van der Waals surface area contributed by atoms with Crippen LogP contribution in [-0.4, -0.2) is 47.4 Å². The van der Waals surface area contributed by atoms with Crippen LogP contribution >= 0.6 is 0 Å². The summed E-state index contributed by atoms with van der Waals surface area (Å²) in [5.74, 6) is 1.19. The van der Waals surface area contributed by atoms with Crippen molar-refractivity contribution in [2.45, 2.75) is 29.7 Å². The first-order valence-corrected chi connectivity index (χ1v) is 11.4. The highest BCUT2D eigenvalue weighted by Crippen LogP contribution is 2.22. The average Bonchev–Trinajstić information content (AvgIpc) is 3.09. The van der Waals surface area contributed by atoms with Crippen LogP contribution < -0.4 is 4.72 Å². The third kappa shape index (κ3) is 4.41. The minimum atomic E-state index is -3.82. The predicted molar refractivity (Wildman–Crippen MR) is 98.2 cm³/mol. The number of ether oxygens (including phenoxy) is 1. The van der Waals surface area contributed by atoms with Crippen LogP contribution in [0.25, 0.3) is 0 Å². The van der Waals surface area contributed by atoms with Gasteiger partial charge in [-0.2, -0.15) is 4.31 Å². The van der Waals surface area contributed by atoms with Crippen molar-refractivity contribution in [3.63, 3.8) is 0 Å². The van der Waals surface area contributed by atoms with Gasteiger partial charge >= 0.3 is 0 Å². The fraction of sp³-hybridized carbons (Fsp3) is 0.412. The monoisotopic (exact) mass is 414 g/mol. The molecule has 10 heteroatoms. The van der Waals surface area contributed by atoms with Crippen molar-refractivity contribution in [2.24, 2.45) is 0 Å². The SMILES string of the molecule is Cc1ccc(C(C)NS(=O)(=O)c2ccc(S(=O)(=O)N3CCOCC3)cc2)o1. The molecule has 1 aromatic carbocycles. The van der Waals surface area contributed by atoms with E-state index < -0.39 is 26.1 Å². The molecule has 2 aromatic rings. The van der Waals surface area contributed by atoms with Crippen molar-refractivity contribution in [3.8, 4) is 0 Å². The number of aryl methyl sites for hydroxylation is 1. The first-order valence-electron chi connectivity index (χ1n) is 8.47. The molecule has 1 aromatic heterocycles. The van der Waals surface area contributed by atoms with Crippen molar-refractivity contribution in [1.82, 2.24) is 9.03 Å². The molecule has 8 nitrogen and oxygen atoms in total. The lowest BCUT2D eigenvalue weighted by Crippen LogP contribution is -2.40. The quantitative estimate of drug-likeness (QED) is 0.770. The Bertz CT molecular complexity index is 990. The van der Waals surface area contributed by atoms with Gasteiger partial charge in [0.05, 0.1) is 29.0 Å². The molecule has 0 bridgehead atoms. The first kappa shape index (κ1) is 20.0. The summed E-state index contributed by atoms with van der Waals surface area (Å²) < 4.78 is 64.8. The van der Waals surface area contributed by atoms with E-state index in [9.17, 15) is 16.8 Å². The third-order valence-corrected chi connectivity index (χ3v) is 7.73. The zero-order chi connectivity index (χ0) is 19.7. The summed E-state index contributed by atoms with van der Waals surface area (Å²) in [4.78, 5) is 0.0385. The molecule has 1 fully saturated rings. The number of sulfonamides is 2. The maximum Gasteiger partial charge on any atom is 0.243 e. The second-order valence-corrected chi connectivity index (χ2v) is 9.93. The van der Waals surface area contributed by atoms with Crippen molar-refractivity contribution >= 4 is 20.0 Å². The molecule has 27 heavy (non-hydrogen) atoms. The Balaban J connectivity index is 1.77. The van der Waals surface area contributed by atoms with Crippen molar-refractivity contribution in [2.75, 3.05) is 26.3 Å². The molecule has 1 unspecified atom stereocenters. The second kappa shape index (κ2) is 7.72. The number of hydrogen-bond donors (Lipinski definition) is 1. The van der Waals surface area contributed by atoms with E-state index in [1.54, 1.807) is 26.0 Å². The summed E-state index contributed by atoms with van der Waals surface area (Å²) in [7, 11) is -7.49. The van der Waals surface area contributed by atoms with E-state index >= 15 is 0 Å². The molecule has 0 saturated carbocycles. The average molecular weight is 415 g/mol. The van der Waals surface area contributed by atoms with Crippen LogP contribution in [0.3, 0.4) is 0 Å². The minimum absolute atomic E-state index is 0.0152. The summed E-state index contributed by atoms with van der Waals surface area (Å²) in [5.41, 5.74) is 0. The normalized spacial score (nSPS) is 17.7. The molecule has 1 saturated heterocycles. The van der Waals surface area contributed by atoms with Crippen LogP contribution in [0.4, 0.5) is 0 Å². The van der Waals surface area contributed by atoms with E-state index in [0.29, 0.717) is 24.7 Å². The summed E-state index contributed by atoms with van der Waals surface area (Å²) >= 11 is 0. The van der Waals surface area contributed by atoms with Crippen molar-refractivity contribution in [3.05, 3.63) is 47.9 Å². The van der Waals surface area contributed by atoms with Crippen LogP contribution in [0.2, 0.25) is 0 Å². The number of nitrogens with zero attached hydrogens (tertiary/aromatic N) is 1. The lowest BCUT2D eigenvalue weighted by Gasteiger charge is -2.26. The van der Waals surface area contributed by atoms with Gasteiger partial charge in [-0.3, -0.25) is 0 Å². The Morgan fingerprint density at radius 3 is 2.11 bits per heavy atom. The van der Waals surface area contributed by atoms with E-state index in [1.807, 2.05) is 0 Å². The Morgan fingerprint density at radius 1 is 0.963 bits per heavy atom. The van der Waals surface area contributed by atoms with Crippen LogP contribution in [0.15, 0.2) is 50.6 Å². The molecule has 148 valence electrons. The van der Waals surface area contributed by atoms with E-state index in [4.69, 9.17) is 9.15 Å². The summed E-state index contributed by atoms with van der Waals surface area (Å²) in [6.07, 6.45) is 0. The van der Waals surface area contributed by atoms with Gasteiger partial charge < -0.3 is 9.15 Å². The van der Waals surface area contributed by atoms with Crippen LogP contribution in [0.5, 0.6) is 0 Å². The van der Waals surface area contributed by atoms with Gasteiger partial charge in [-0.25, -0.2) is 21.6 Å². The summed E-state index contributed by atoms with van der Waals surface area (Å²) in [6, 6.07) is 8.10. The van der Waals surface area contributed by atoms with Gasteiger partial charge in [0.25, 0.3) is 0 Å². The highest BCUT2D eigenvalue weighted by Gasteiger charge is 2.27. The number of benzene rings is 1. The number of furan rings is 1. The maximum absolute atomic E-state index is 12.6.